The minimum atomic E-state index is -0.396. The van der Waals surface area contributed by atoms with Gasteiger partial charge in [-0.05, 0) is 161 Å². The summed E-state index contributed by atoms with van der Waals surface area (Å²) in [6.45, 7) is 18.6. The van der Waals surface area contributed by atoms with Crippen molar-refractivity contribution in [2.45, 2.75) is 193 Å². The molecule has 2 saturated heterocycles. The topological polar surface area (TPSA) is 122 Å². The molecule has 356 valence electrons. The van der Waals surface area contributed by atoms with Gasteiger partial charge >= 0.3 is 29.8 Å². The fourth-order valence-corrected chi connectivity index (χ4v) is 15.1. The lowest BCUT2D eigenvalue weighted by atomic mass is 9.50. The van der Waals surface area contributed by atoms with Gasteiger partial charge in [0.15, 0.2) is 0 Å². The van der Waals surface area contributed by atoms with Crippen LogP contribution in [0.1, 0.15) is 175 Å². The van der Waals surface area contributed by atoms with Crippen LogP contribution < -0.4 is 0 Å². The predicted octanol–water partition coefficient (Wildman–Crippen LogP) is 11.8. The lowest BCUT2D eigenvalue weighted by Gasteiger charge is -2.59. The Kier molecular flexibility index (Phi) is 16.8. The molecule has 10 saturated carbocycles. The second-order valence-electron chi connectivity index (χ2n) is 21.9. The van der Waals surface area contributed by atoms with Crippen molar-refractivity contribution in [3.63, 3.8) is 0 Å². The van der Waals surface area contributed by atoms with Crippen LogP contribution in [0.2, 0.25) is 0 Å². The fourth-order valence-electron chi connectivity index (χ4n) is 15.1. The maximum Gasteiger partial charge on any atom is 0.317 e. The van der Waals surface area contributed by atoms with Crippen molar-refractivity contribution < 1.29 is 42.9 Å². The lowest BCUT2D eigenvalue weighted by Crippen LogP contribution is -2.58. The van der Waals surface area contributed by atoms with E-state index in [-0.39, 0.29) is 95.0 Å². The molecule has 2 heterocycles. The number of hydrogen-bond donors (Lipinski definition) is 0. The predicted molar refractivity (Wildman–Crippen MR) is 244 cm³/mol. The zero-order valence-electron chi connectivity index (χ0n) is 37.0. The van der Waals surface area contributed by atoms with E-state index in [1.807, 2.05) is 20.8 Å². The van der Waals surface area contributed by atoms with Gasteiger partial charge in [0, 0.05) is 11.8 Å². The first-order valence-electron chi connectivity index (χ1n) is 23.9. The summed E-state index contributed by atoms with van der Waals surface area (Å²) >= 11 is 0. The summed E-state index contributed by atoms with van der Waals surface area (Å²) in [4.78, 5) is 56.6. The molecule has 17 unspecified atom stereocenters. The second kappa shape index (κ2) is 20.0. The van der Waals surface area contributed by atoms with Gasteiger partial charge in [-0.1, -0.05) is 85.1 Å². The molecule has 62 heavy (non-hydrogen) atoms. The van der Waals surface area contributed by atoms with Crippen LogP contribution in [0.25, 0.3) is 0 Å². The van der Waals surface area contributed by atoms with E-state index in [4.69, 9.17) is 14.2 Å². The van der Waals surface area contributed by atoms with E-state index in [9.17, 15) is 24.0 Å². The number of ether oxygens (including phenoxy) is 4. The zero-order valence-corrected chi connectivity index (χ0v) is 37.0. The van der Waals surface area contributed by atoms with Gasteiger partial charge in [-0.25, -0.2) is 0 Å². The molecule has 0 amide bonds. The van der Waals surface area contributed by atoms with Crippen molar-refractivity contribution in [2.24, 2.45) is 112 Å². The number of carbonyl (C=O) groups excluding carboxylic acids is 5. The average Bonchev–Trinajstić information content (AvgIpc) is 4.09. The van der Waals surface area contributed by atoms with E-state index in [0.717, 1.165) is 61.2 Å². The Hall–Kier alpha value is -2.45. The molecule has 0 aromatic heterocycles. The van der Waals surface area contributed by atoms with Crippen molar-refractivity contribution >= 4 is 29.8 Å². The number of fused-ring (bicyclic) bond motifs is 10. The van der Waals surface area contributed by atoms with E-state index in [2.05, 4.69) is 32.4 Å². The molecule has 12 rings (SSSR count). The van der Waals surface area contributed by atoms with Gasteiger partial charge in [-0.15, -0.1) is 0 Å². The van der Waals surface area contributed by atoms with Crippen LogP contribution in [-0.4, -0.2) is 47.7 Å². The summed E-state index contributed by atoms with van der Waals surface area (Å²) in [5.74, 6) is 11.5. The highest BCUT2D eigenvalue weighted by Crippen LogP contribution is 2.70. The van der Waals surface area contributed by atoms with Crippen LogP contribution in [0.4, 0.5) is 0 Å². The summed E-state index contributed by atoms with van der Waals surface area (Å²) in [7, 11) is 0. The highest BCUT2D eigenvalue weighted by molar-refractivity contribution is 5.95. The average molecular weight is 871 g/mol. The minimum Gasteiger partial charge on any atom is -0.459 e. The first kappa shape index (κ1) is 52.2. The lowest BCUT2D eigenvalue weighted by molar-refractivity contribution is -0.206. The molecule has 10 bridgehead atoms. The van der Waals surface area contributed by atoms with E-state index in [1.54, 1.807) is 39.5 Å². The molecule has 0 aromatic carbocycles. The van der Waals surface area contributed by atoms with Crippen molar-refractivity contribution in [1.29, 1.82) is 0 Å². The van der Waals surface area contributed by atoms with Gasteiger partial charge in [0.1, 0.15) is 17.8 Å². The standard InChI is InChI=1S/C16H26O2.C14H22.C13H18O4.C6H8O3.4CH4/c1-4-10(2)15(17)18-16(3)13-6-11-5-12(8-13)9-14(16)7-11;1-7-8(2)12-6-11(7)13-9-3-4-10(5-9)14(12)13;1-3-6(2)12(14)16-10-7-4-8-9(5-7)13(15)17-11(8)10;1-3-4(2)6(8)9-5(3)7;;;;/h10-14H,4-9H2,1-3H3;7-14H,3-6H2,1-2H3;6-11H,3-5H2,1-2H3;3-4H,1-2H3;4*1H4. The SMILES string of the molecule is C.C.C.C.CC1C(=O)OC(=O)C1C.CC1C(C)C2CC1C1C3CCC(C3)C21.CCC(C)C(=O)OC1(C)C2CC3CC(C2)CC1C3.CCC(C)C(=O)OC1C2CC3C(=O)OC1C3C2. The van der Waals surface area contributed by atoms with Gasteiger partial charge in [0.05, 0.1) is 29.6 Å². The number of hydrogen-bond acceptors (Lipinski definition) is 9. The molecule has 12 fully saturated rings. The molecular formula is C53H90O9. The number of esters is 5. The summed E-state index contributed by atoms with van der Waals surface area (Å²) in [5.41, 5.74) is -0.145. The maximum atomic E-state index is 12.1. The van der Waals surface area contributed by atoms with Crippen molar-refractivity contribution in [3.8, 4) is 0 Å². The normalized spacial score (nSPS) is 46.3. The minimum absolute atomic E-state index is 0. The first-order chi connectivity index (χ1) is 27.5. The molecular weight excluding hydrogens is 781 g/mol. The smallest absolute Gasteiger partial charge is 0.317 e. The zero-order chi connectivity index (χ0) is 41.5. The van der Waals surface area contributed by atoms with Gasteiger partial charge in [0.2, 0.25) is 0 Å². The van der Waals surface area contributed by atoms with Crippen LogP contribution in [0, 0.1) is 112 Å². The number of cyclic esters (lactones) is 2. The van der Waals surface area contributed by atoms with Gasteiger partial charge in [-0.3, -0.25) is 24.0 Å². The molecule has 0 spiro atoms. The van der Waals surface area contributed by atoms with Crippen LogP contribution in [-0.2, 0) is 42.9 Å². The summed E-state index contributed by atoms with van der Waals surface area (Å²) in [6.07, 6.45) is 16.3. The summed E-state index contributed by atoms with van der Waals surface area (Å²) in [5, 5.41) is 0. The van der Waals surface area contributed by atoms with Crippen LogP contribution in [0.3, 0.4) is 0 Å². The summed E-state index contributed by atoms with van der Waals surface area (Å²) in [6, 6.07) is 0. The molecule has 0 radical (unpaired) electrons. The quantitative estimate of drug-likeness (QED) is 0.111. The third-order valence-electron chi connectivity index (χ3n) is 19.2. The van der Waals surface area contributed by atoms with Gasteiger partial charge in [0.25, 0.3) is 0 Å². The largest absolute Gasteiger partial charge is 0.459 e. The highest BCUT2D eigenvalue weighted by atomic mass is 16.6. The Morgan fingerprint density at radius 1 is 0.629 bits per heavy atom. The first-order valence-corrected chi connectivity index (χ1v) is 23.9. The van der Waals surface area contributed by atoms with Crippen LogP contribution in [0.15, 0.2) is 0 Å². The Balaban J connectivity index is 0.000000182. The third-order valence-corrected chi connectivity index (χ3v) is 19.2. The van der Waals surface area contributed by atoms with Crippen LogP contribution in [0.5, 0.6) is 0 Å². The van der Waals surface area contributed by atoms with Gasteiger partial charge in [-0.2, -0.15) is 0 Å². The van der Waals surface area contributed by atoms with E-state index in [0.29, 0.717) is 23.7 Å². The molecule has 2 aliphatic heterocycles. The number of carbonyl (C=O) groups is 5. The Bertz CT molecular complexity index is 1530. The van der Waals surface area contributed by atoms with Gasteiger partial charge < -0.3 is 18.9 Å². The third kappa shape index (κ3) is 8.93. The molecule has 17 atom stereocenters. The van der Waals surface area contributed by atoms with Crippen molar-refractivity contribution in [1.82, 2.24) is 0 Å². The Morgan fingerprint density at radius 2 is 1.11 bits per heavy atom. The van der Waals surface area contributed by atoms with Crippen molar-refractivity contribution in [2.75, 3.05) is 0 Å². The monoisotopic (exact) mass is 871 g/mol. The van der Waals surface area contributed by atoms with Crippen molar-refractivity contribution in [3.05, 3.63) is 0 Å². The Labute approximate surface area is 377 Å². The molecule has 0 N–H and O–H groups in total. The molecule has 0 aromatic rings. The maximum absolute atomic E-state index is 12.1. The second-order valence-corrected chi connectivity index (χ2v) is 21.9. The molecule has 10 aliphatic carbocycles. The highest BCUT2D eigenvalue weighted by Gasteiger charge is 2.65. The van der Waals surface area contributed by atoms with E-state index >= 15 is 0 Å². The molecule has 12 aliphatic rings. The van der Waals surface area contributed by atoms with Crippen LogP contribution >= 0.6 is 0 Å². The number of rotatable bonds is 6. The Morgan fingerprint density at radius 3 is 1.56 bits per heavy atom. The summed E-state index contributed by atoms with van der Waals surface area (Å²) < 4.78 is 21.2. The fraction of sp³-hybridized carbons (Fsp3) is 0.906. The van der Waals surface area contributed by atoms with E-state index in [1.165, 1.54) is 55.8 Å². The molecule has 9 heteroatoms. The van der Waals surface area contributed by atoms with E-state index < -0.39 is 11.9 Å². The molecule has 9 nitrogen and oxygen atoms in total.